The Morgan fingerprint density at radius 3 is 2.75 bits per heavy atom. The lowest BCUT2D eigenvalue weighted by Crippen LogP contribution is -2.35. The van der Waals surface area contributed by atoms with Crippen molar-refractivity contribution in [1.82, 2.24) is 9.21 Å². The van der Waals surface area contributed by atoms with Crippen molar-refractivity contribution in [2.45, 2.75) is 31.7 Å². The molecule has 2 aliphatic heterocycles. The molecule has 0 N–H and O–H groups in total. The fourth-order valence-electron chi connectivity index (χ4n) is 3.64. The van der Waals surface area contributed by atoms with Crippen LogP contribution >= 0.6 is 0 Å². The average molecular weight is 352 g/mol. The number of nitrogens with zero attached hydrogens (tertiary/aromatic N) is 2. The van der Waals surface area contributed by atoms with E-state index >= 15 is 0 Å². The van der Waals surface area contributed by atoms with Gasteiger partial charge in [-0.3, -0.25) is 4.79 Å². The van der Waals surface area contributed by atoms with Crippen LogP contribution in [0.5, 0.6) is 5.75 Å². The molecule has 6 nitrogen and oxygen atoms in total. The number of carbonyl (C=O) groups is 1. The first-order chi connectivity index (χ1) is 11.5. The topological polar surface area (TPSA) is 66.9 Å². The number of sulfonamides is 1. The molecule has 0 radical (unpaired) electrons. The highest BCUT2D eigenvalue weighted by molar-refractivity contribution is 7.89. The summed E-state index contributed by atoms with van der Waals surface area (Å²) in [6.07, 6.45) is 2.76. The van der Waals surface area contributed by atoms with Gasteiger partial charge in [0.15, 0.2) is 0 Å². The predicted octanol–water partition coefficient (Wildman–Crippen LogP) is 1.78. The second-order valence-electron chi connectivity index (χ2n) is 6.31. The van der Waals surface area contributed by atoms with Crippen molar-refractivity contribution in [3.8, 4) is 5.75 Å². The third-order valence-electron chi connectivity index (χ3n) is 4.85. The zero-order valence-electron chi connectivity index (χ0n) is 14.0. The molecule has 1 aromatic carbocycles. The van der Waals surface area contributed by atoms with Crippen LogP contribution in [-0.4, -0.2) is 56.0 Å². The number of para-hydroxylation sites is 1. The lowest BCUT2D eigenvalue weighted by Gasteiger charge is -2.27. The molecule has 2 aliphatic rings. The summed E-state index contributed by atoms with van der Waals surface area (Å²) in [7, 11) is -1.50. The third-order valence-corrected chi connectivity index (χ3v) is 6.81. The Kier molecular flexibility index (Phi) is 5.10. The average Bonchev–Trinajstić information content (AvgIpc) is 3.18. The summed E-state index contributed by atoms with van der Waals surface area (Å²) in [5, 5.41) is 0. The minimum absolute atomic E-state index is 0.0174. The maximum absolute atomic E-state index is 12.7. The van der Waals surface area contributed by atoms with E-state index in [9.17, 15) is 13.2 Å². The van der Waals surface area contributed by atoms with Gasteiger partial charge in [0, 0.05) is 31.6 Å². The van der Waals surface area contributed by atoms with Gasteiger partial charge in [0.1, 0.15) is 5.75 Å². The Morgan fingerprint density at radius 1 is 1.25 bits per heavy atom. The molecule has 2 saturated heterocycles. The standard InChI is InChI=1S/C17H24N2O4S/c1-23-16-8-3-2-6-14(16)15-7-4-11-19(15)17(20)9-12-18-10-5-13-24(18,21)22/h2-3,6,8,15H,4-5,7,9-13H2,1H3. The van der Waals surface area contributed by atoms with Gasteiger partial charge in [-0.05, 0) is 25.3 Å². The zero-order chi connectivity index (χ0) is 17.2. The molecule has 2 fully saturated rings. The van der Waals surface area contributed by atoms with Crippen LogP contribution in [0.3, 0.4) is 0 Å². The van der Waals surface area contributed by atoms with E-state index in [-0.39, 0.29) is 30.7 Å². The van der Waals surface area contributed by atoms with E-state index in [4.69, 9.17) is 4.74 Å². The van der Waals surface area contributed by atoms with E-state index in [1.54, 1.807) is 7.11 Å². The molecule has 3 rings (SSSR count). The van der Waals surface area contributed by atoms with Gasteiger partial charge in [-0.25, -0.2) is 12.7 Å². The first kappa shape index (κ1) is 17.2. The Labute approximate surface area is 143 Å². The van der Waals surface area contributed by atoms with Gasteiger partial charge in [0.05, 0.1) is 18.9 Å². The summed E-state index contributed by atoms with van der Waals surface area (Å²) < 4.78 is 30.6. The second kappa shape index (κ2) is 7.11. The maximum Gasteiger partial charge on any atom is 0.224 e. The highest BCUT2D eigenvalue weighted by Crippen LogP contribution is 2.37. The van der Waals surface area contributed by atoms with E-state index in [0.717, 1.165) is 24.2 Å². The van der Waals surface area contributed by atoms with Gasteiger partial charge in [-0.15, -0.1) is 0 Å². The number of hydrogen-bond acceptors (Lipinski definition) is 4. The van der Waals surface area contributed by atoms with E-state index < -0.39 is 10.0 Å². The molecule has 1 amide bonds. The van der Waals surface area contributed by atoms with Gasteiger partial charge in [0.25, 0.3) is 0 Å². The van der Waals surface area contributed by atoms with Gasteiger partial charge >= 0.3 is 0 Å². The molecule has 1 atom stereocenters. The number of rotatable bonds is 5. The monoisotopic (exact) mass is 352 g/mol. The third kappa shape index (κ3) is 3.42. The van der Waals surface area contributed by atoms with E-state index in [1.807, 2.05) is 29.2 Å². The molecule has 0 saturated carbocycles. The van der Waals surface area contributed by atoms with Crippen molar-refractivity contribution in [2.24, 2.45) is 0 Å². The van der Waals surface area contributed by atoms with Crippen molar-refractivity contribution in [1.29, 1.82) is 0 Å². The first-order valence-corrected chi connectivity index (χ1v) is 10.0. The number of likely N-dealkylation sites (tertiary alicyclic amines) is 1. The normalized spacial score (nSPS) is 23.5. The number of amides is 1. The molecule has 7 heteroatoms. The van der Waals surface area contributed by atoms with Gasteiger partial charge < -0.3 is 9.64 Å². The predicted molar refractivity (Wildman–Crippen MR) is 91.3 cm³/mol. The highest BCUT2D eigenvalue weighted by atomic mass is 32.2. The second-order valence-corrected chi connectivity index (χ2v) is 8.39. The number of benzene rings is 1. The van der Waals surface area contributed by atoms with Crippen molar-refractivity contribution >= 4 is 15.9 Å². The molecule has 0 spiro atoms. The molecule has 0 bridgehead atoms. The zero-order valence-corrected chi connectivity index (χ0v) is 14.8. The summed E-state index contributed by atoms with van der Waals surface area (Å²) in [6, 6.07) is 7.80. The SMILES string of the molecule is COc1ccccc1C1CCCN1C(=O)CCN1CCCS1(=O)=O. The van der Waals surface area contributed by atoms with Gasteiger partial charge in [-0.1, -0.05) is 18.2 Å². The Bertz CT molecular complexity index is 704. The van der Waals surface area contributed by atoms with Crippen LogP contribution in [0.4, 0.5) is 0 Å². The van der Waals surface area contributed by atoms with Crippen LogP contribution in [0.25, 0.3) is 0 Å². The lowest BCUT2D eigenvalue weighted by molar-refractivity contribution is -0.132. The van der Waals surface area contributed by atoms with Gasteiger partial charge in [0.2, 0.25) is 15.9 Å². The lowest BCUT2D eigenvalue weighted by atomic mass is 10.0. The van der Waals surface area contributed by atoms with Gasteiger partial charge in [-0.2, -0.15) is 0 Å². The van der Waals surface area contributed by atoms with E-state index in [1.165, 1.54) is 4.31 Å². The van der Waals surface area contributed by atoms with Crippen molar-refractivity contribution in [3.63, 3.8) is 0 Å². The van der Waals surface area contributed by atoms with E-state index in [0.29, 0.717) is 19.5 Å². The molecular formula is C17H24N2O4S. The maximum atomic E-state index is 12.7. The quantitative estimate of drug-likeness (QED) is 0.810. The summed E-state index contributed by atoms with van der Waals surface area (Å²) in [6.45, 7) is 1.54. The van der Waals surface area contributed by atoms with Crippen molar-refractivity contribution in [3.05, 3.63) is 29.8 Å². The largest absolute Gasteiger partial charge is 0.496 e. The van der Waals surface area contributed by atoms with Crippen LogP contribution < -0.4 is 4.74 Å². The molecular weight excluding hydrogens is 328 g/mol. The highest BCUT2D eigenvalue weighted by Gasteiger charge is 2.33. The van der Waals surface area contributed by atoms with Crippen molar-refractivity contribution in [2.75, 3.05) is 32.5 Å². The Morgan fingerprint density at radius 2 is 2.04 bits per heavy atom. The molecule has 1 unspecified atom stereocenters. The first-order valence-electron chi connectivity index (χ1n) is 8.43. The molecule has 2 heterocycles. The number of methoxy groups -OCH3 is 1. The number of ether oxygens (including phenoxy) is 1. The summed E-state index contributed by atoms with van der Waals surface area (Å²) in [4.78, 5) is 14.5. The molecule has 132 valence electrons. The van der Waals surface area contributed by atoms with E-state index in [2.05, 4.69) is 0 Å². The smallest absolute Gasteiger partial charge is 0.224 e. The van der Waals surface area contributed by atoms with Crippen LogP contribution in [0, 0.1) is 0 Å². The van der Waals surface area contributed by atoms with Crippen LogP contribution in [-0.2, 0) is 14.8 Å². The Balaban J connectivity index is 1.68. The summed E-state index contributed by atoms with van der Waals surface area (Å²) >= 11 is 0. The van der Waals surface area contributed by atoms with Crippen LogP contribution in [0.2, 0.25) is 0 Å². The fraction of sp³-hybridized carbons (Fsp3) is 0.588. The molecule has 0 aromatic heterocycles. The van der Waals surface area contributed by atoms with Crippen LogP contribution in [0.15, 0.2) is 24.3 Å². The minimum atomic E-state index is -3.14. The minimum Gasteiger partial charge on any atom is -0.496 e. The van der Waals surface area contributed by atoms with Crippen molar-refractivity contribution < 1.29 is 17.9 Å². The summed E-state index contributed by atoms with van der Waals surface area (Å²) in [5.41, 5.74) is 1.03. The summed E-state index contributed by atoms with van der Waals surface area (Å²) in [5.74, 6) is 1.02. The molecule has 1 aromatic rings. The van der Waals surface area contributed by atoms with Crippen LogP contribution in [0.1, 0.15) is 37.3 Å². The number of carbonyl (C=O) groups excluding carboxylic acids is 1. The number of hydrogen-bond donors (Lipinski definition) is 0. The molecule has 24 heavy (non-hydrogen) atoms. The fourth-order valence-corrected chi connectivity index (χ4v) is 5.17. The Hall–Kier alpha value is -1.60. The molecule has 0 aliphatic carbocycles.